The molecule has 2 aromatic carbocycles. The Balaban J connectivity index is 2.49. The quantitative estimate of drug-likeness (QED) is 0.763. The number of hydrogen-bond donors (Lipinski definition) is 0. The minimum Gasteiger partial charge on any atom is -0.292 e. The van der Waals surface area contributed by atoms with E-state index in [1.165, 1.54) is 18.2 Å². The Hall–Kier alpha value is -1.96. The van der Waals surface area contributed by atoms with Gasteiger partial charge in [-0.3, -0.25) is 4.79 Å². The molecule has 0 saturated heterocycles. The molecule has 0 aliphatic heterocycles. The highest BCUT2D eigenvalue weighted by Crippen LogP contribution is 2.30. The molecule has 21 heavy (non-hydrogen) atoms. The Labute approximate surface area is 129 Å². The lowest BCUT2D eigenvalue weighted by atomic mass is 9.91. The number of carbonyl (C=O) groups is 1. The van der Waals surface area contributed by atoms with Crippen molar-refractivity contribution in [1.82, 2.24) is 0 Å². The molecule has 106 valence electrons. The van der Waals surface area contributed by atoms with Crippen LogP contribution in [-0.2, 0) is 0 Å². The van der Waals surface area contributed by atoms with Crippen molar-refractivity contribution in [3.8, 4) is 6.07 Å². The molecular weight excluding hydrogens is 319 g/mol. The molecule has 0 fully saturated rings. The molecule has 0 N–H and O–H groups in total. The van der Waals surface area contributed by atoms with Crippen LogP contribution >= 0.6 is 23.2 Å². The van der Waals surface area contributed by atoms with Crippen LogP contribution in [0, 0.1) is 23.0 Å². The lowest BCUT2D eigenvalue weighted by Crippen LogP contribution is -2.12. The van der Waals surface area contributed by atoms with Crippen LogP contribution in [0.5, 0.6) is 0 Å². The Bertz CT molecular complexity index is 736. The topological polar surface area (TPSA) is 40.9 Å². The van der Waals surface area contributed by atoms with Gasteiger partial charge in [0.2, 0.25) is 0 Å². The van der Waals surface area contributed by atoms with Gasteiger partial charge in [-0.15, -0.1) is 0 Å². The second-order valence-corrected chi connectivity index (χ2v) is 5.02. The average Bonchev–Trinajstić information content (AvgIpc) is 2.41. The molecule has 0 saturated carbocycles. The maximum Gasteiger partial charge on any atom is 0.186 e. The summed E-state index contributed by atoms with van der Waals surface area (Å²) in [5.41, 5.74) is -0.0450. The molecule has 0 heterocycles. The molecule has 0 spiro atoms. The van der Waals surface area contributed by atoms with Crippen molar-refractivity contribution in [2.45, 2.75) is 5.92 Å². The number of Topliss-reactive ketones (excluding diaryl/α,β-unsaturated/α-hetero) is 1. The summed E-state index contributed by atoms with van der Waals surface area (Å²) in [6, 6.07) is 8.66. The number of benzene rings is 2. The molecule has 0 aliphatic rings. The first-order valence-corrected chi connectivity index (χ1v) is 6.53. The molecule has 2 rings (SSSR count). The summed E-state index contributed by atoms with van der Waals surface area (Å²) in [5, 5.41) is 9.32. The number of nitrogens with zero attached hydrogens (tertiary/aromatic N) is 1. The molecule has 0 aliphatic carbocycles. The van der Waals surface area contributed by atoms with Crippen molar-refractivity contribution in [3.63, 3.8) is 0 Å². The summed E-state index contributed by atoms with van der Waals surface area (Å²) < 4.78 is 26.5. The molecule has 1 atom stereocenters. The maximum absolute atomic E-state index is 13.2. The first-order valence-electron chi connectivity index (χ1n) is 5.78. The average molecular weight is 326 g/mol. The number of hydrogen-bond acceptors (Lipinski definition) is 2. The second kappa shape index (κ2) is 6.21. The Morgan fingerprint density at radius 2 is 1.76 bits per heavy atom. The van der Waals surface area contributed by atoms with Crippen LogP contribution in [0.1, 0.15) is 21.8 Å². The molecular formula is C15H7Cl2F2NO. The van der Waals surface area contributed by atoms with Gasteiger partial charge in [0.15, 0.2) is 5.78 Å². The van der Waals surface area contributed by atoms with E-state index >= 15 is 0 Å². The van der Waals surface area contributed by atoms with Crippen LogP contribution in [0.15, 0.2) is 36.4 Å². The van der Waals surface area contributed by atoms with E-state index < -0.39 is 23.3 Å². The fourth-order valence-electron chi connectivity index (χ4n) is 1.88. The summed E-state index contributed by atoms with van der Waals surface area (Å²) >= 11 is 11.7. The van der Waals surface area contributed by atoms with Crippen molar-refractivity contribution in [3.05, 3.63) is 69.2 Å². The van der Waals surface area contributed by atoms with Crippen molar-refractivity contribution in [2.24, 2.45) is 0 Å². The molecule has 2 nitrogen and oxygen atoms in total. The number of carbonyl (C=O) groups excluding carboxylic acids is 1. The van der Waals surface area contributed by atoms with Crippen LogP contribution in [0.4, 0.5) is 8.78 Å². The summed E-state index contributed by atoms with van der Waals surface area (Å²) in [6.07, 6.45) is 0. The smallest absolute Gasteiger partial charge is 0.186 e. The van der Waals surface area contributed by atoms with Gasteiger partial charge < -0.3 is 0 Å². The third-order valence-corrected chi connectivity index (χ3v) is 3.65. The lowest BCUT2D eigenvalue weighted by molar-refractivity contribution is 0.0979. The van der Waals surface area contributed by atoms with E-state index in [0.717, 1.165) is 12.1 Å². The van der Waals surface area contributed by atoms with Gasteiger partial charge in [0.1, 0.15) is 17.6 Å². The van der Waals surface area contributed by atoms with E-state index in [1.807, 2.05) is 0 Å². The zero-order valence-electron chi connectivity index (χ0n) is 10.4. The molecule has 6 heteroatoms. The van der Waals surface area contributed by atoms with Crippen molar-refractivity contribution >= 4 is 29.0 Å². The van der Waals surface area contributed by atoms with Crippen LogP contribution in [0.25, 0.3) is 0 Å². The van der Waals surface area contributed by atoms with Crippen LogP contribution in [0.2, 0.25) is 10.0 Å². The normalized spacial score (nSPS) is 11.8. The molecule has 1 unspecified atom stereocenters. The van der Waals surface area contributed by atoms with E-state index in [4.69, 9.17) is 28.5 Å². The highest BCUT2D eigenvalue weighted by Gasteiger charge is 2.25. The Morgan fingerprint density at radius 3 is 2.33 bits per heavy atom. The van der Waals surface area contributed by atoms with E-state index in [-0.39, 0.29) is 21.2 Å². The standard InChI is InChI=1S/C15H7Cl2F2NO/c16-13-3-1-2-11(14(13)17)15(21)12(7-20)8-4-9(18)6-10(19)5-8/h1-6,12H. The van der Waals surface area contributed by atoms with Gasteiger partial charge in [-0.25, -0.2) is 8.78 Å². The largest absolute Gasteiger partial charge is 0.292 e. The fourth-order valence-corrected chi connectivity index (χ4v) is 2.27. The fraction of sp³-hybridized carbons (Fsp3) is 0.0667. The molecule has 0 aromatic heterocycles. The van der Waals surface area contributed by atoms with E-state index in [1.54, 1.807) is 6.07 Å². The maximum atomic E-state index is 13.2. The van der Waals surface area contributed by atoms with Crippen LogP contribution in [0.3, 0.4) is 0 Å². The van der Waals surface area contributed by atoms with Gasteiger partial charge in [-0.1, -0.05) is 29.3 Å². The SMILES string of the molecule is N#CC(C(=O)c1cccc(Cl)c1Cl)c1cc(F)cc(F)c1. The monoisotopic (exact) mass is 325 g/mol. The first-order chi connectivity index (χ1) is 9.93. The summed E-state index contributed by atoms with van der Waals surface area (Å²) in [4.78, 5) is 12.4. The van der Waals surface area contributed by atoms with E-state index in [0.29, 0.717) is 6.07 Å². The third-order valence-electron chi connectivity index (χ3n) is 2.83. The number of rotatable bonds is 3. The first kappa shape index (κ1) is 15.4. The Morgan fingerprint density at radius 1 is 1.14 bits per heavy atom. The van der Waals surface area contributed by atoms with Gasteiger partial charge in [0.25, 0.3) is 0 Å². The number of ketones is 1. The lowest BCUT2D eigenvalue weighted by Gasteiger charge is -2.11. The van der Waals surface area contributed by atoms with Gasteiger partial charge in [0.05, 0.1) is 16.1 Å². The highest BCUT2D eigenvalue weighted by atomic mass is 35.5. The second-order valence-electron chi connectivity index (χ2n) is 4.23. The molecule has 2 aromatic rings. The van der Waals surface area contributed by atoms with Gasteiger partial charge in [0, 0.05) is 11.6 Å². The zero-order valence-corrected chi connectivity index (χ0v) is 11.9. The van der Waals surface area contributed by atoms with Gasteiger partial charge >= 0.3 is 0 Å². The van der Waals surface area contributed by atoms with Crippen molar-refractivity contribution < 1.29 is 13.6 Å². The summed E-state index contributed by atoms with van der Waals surface area (Å²) in [6.45, 7) is 0. The van der Waals surface area contributed by atoms with E-state index in [9.17, 15) is 13.6 Å². The minimum atomic E-state index is -1.37. The zero-order chi connectivity index (χ0) is 15.6. The highest BCUT2D eigenvalue weighted by molar-refractivity contribution is 6.44. The van der Waals surface area contributed by atoms with Gasteiger partial charge in [-0.2, -0.15) is 5.26 Å². The minimum absolute atomic E-state index is 0.00120. The van der Waals surface area contributed by atoms with Crippen LogP contribution < -0.4 is 0 Å². The van der Waals surface area contributed by atoms with E-state index in [2.05, 4.69) is 0 Å². The number of halogens is 4. The predicted octanol–water partition coefficient (Wildman–Crippen LogP) is 4.76. The third kappa shape index (κ3) is 3.21. The molecule has 0 bridgehead atoms. The van der Waals surface area contributed by atoms with Gasteiger partial charge in [-0.05, 0) is 29.8 Å². The predicted molar refractivity (Wildman–Crippen MR) is 75.5 cm³/mol. The Kier molecular flexibility index (Phi) is 4.56. The van der Waals surface area contributed by atoms with Crippen molar-refractivity contribution in [1.29, 1.82) is 5.26 Å². The summed E-state index contributed by atoms with van der Waals surface area (Å²) in [7, 11) is 0. The van der Waals surface area contributed by atoms with Crippen LogP contribution in [-0.4, -0.2) is 5.78 Å². The number of nitriles is 1. The molecule has 0 radical (unpaired) electrons. The summed E-state index contributed by atoms with van der Waals surface area (Å²) in [5.74, 6) is -3.77. The van der Waals surface area contributed by atoms with Crippen molar-refractivity contribution in [2.75, 3.05) is 0 Å². The molecule has 0 amide bonds.